The van der Waals surface area contributed by atoms with Crippen LogP contribution in [-0.4, -0.2) is 29.6 Å². The molecule has 6 heteroatoms. The van der Waals surface area contributed by atoms with E-state index < -0.39 is 23.4 Å². The maximum absolute atomic E-state index is 14.6. The van der Waals surface area contributed by atoms with Crippen LogP contribution >= 0.6 is 11.6 Å². The summed E-state index contributed by atoms with van der Waals surface area (Å²) >= 11 is 6.30. The first-order valence-corrected chi connectivity index (χ1v) is 14.1. The van der Waals surface area contributed by atoms with Crippen LogP contribution in [0.2, 0.25) is 5.02 Å². The number of fused-ring (bicyclic) bond motifs is 6. The molecule has 3 aromatic rings. The molecule has 0 aliphatic carbocycles. The number of rotatable bonds is 7. The van der Waals surface area contributed by atoms with E-state index in [9.17, 15) is 14.4 Å². The van der Waals surface area contributed by atoms with E-state index in [0.717, 1.165) is 42.5 Å². The van der Waals surface area contributed by atoms with Gasteiger partial charge in [0.05, 0.1) is 18.0 Å². The Bertz CT molecular complexity index is 1510. The average Bonchev–Trinajstić information content (AvgIpc) is 3.41. The first-order chi connectivity index (χ1) is 18.9. The van der Waals surface area contributed by atoms with Crippen molar-refractivity contribution in [2.75, 3.05) is 10.2 Å². The Morgan fingerprint density at radius 1 is 1.03 bits per heavy atom. The quantitative estimate of drug-likeness (QED) is 0.271. The summed E-state index contributed by atoms with van der Waals surface area (Å²) in [5.74, 6) is -1.51. The van der Waals surface area contributed by atoms with E-state index >= 15 is 0 Å². The monoisotopic (exact) mass is 538 g/mol. The van der Waals surface area contributed by atoms with Crippen LogP contribution in [0.4, 0.5) is 11.4 Å². The number of unbranched alkanes of at least 4 members (excludes halogenated alkanes) is 2. The minimum Gasteiger partial charge on any atom is -0.352 e. The van der Waals surface area contributed by atoms with Gasteiger partial charge in [-0.05, 0) is 60.7 Å². The predicted octanol–water partition coefficient (Wildman–Crippen LogP) is 6.63. The summed E-state index contributed by atoms with van der Waals surface area (Å²) in [7, 11) is 0. The highest BCUT2D eigenvalue weighted by Gasteiger charge is 2.69. The van der Waals surface area contributed by atoms with Crippen LogP contribution in [0.1, 0.15) is 60.2 Å². The maximum atomic E-state index is 14.6. The SMILES string of the molecule is CCCCCc1ccc(C(=O)C2C(C(C)=O)N3c4ccc(Cl)cc4C=CC3C23C(=O)Nc2ccccc23)cc1. The van der Waals surface area contributed by atoms with Crippen molar-refractivity contribution in [2.24, 2.45) is 5.92 Å². The van der Waals surface area contributed by atoms with Gasteiger partial charge in [-0.3, -0.25) is 14.4 Å². The van der Waals surface area contributed by atoms with E-state index in [4.69, 9.17) is 11.6 Å². The van der Waals surface area contributed by atoms with E-state index in [2.05, 4.69) is 12.2 Å². The fraction of sp³-hybridized carbons (Fsp3) is 0.303. The van der Waals surface area contributed by atoms with Crippen molar-refractivity contribution in [1.82, 2.24) is 0 Å². The zero-order chi connectivity index (χ0) is 27.3. The van der Waals surface area contributed by atoms with Crippen LogP contribution < -0.4 is 10.2 Å². The van der Waals surface area contributed by atoms with Crippen LogP contribution in [0.3, 0.4) is 0 Å². The fourth-order valence-corrected chi connectivity index (χ4v) is 7.08. The van der Waals surface area contributed by atoms with Gasteiger partial charge in [0.2, 0.25) is 5.91 Å². The molecule has 3 aromatic carbocycles. The Hall–Kier alpha value is -3.70. The second-order valence-corrected chi connectivity index (χ2v) is 11.3. The van der Waals surface area contributed by atoms with Gasteiger partial charge in [0.1, 0.15) is 5.41 Å². The number of carbonyl (C=O) groups is 3. The van der Waals surface area contributed by atoms with Gasteiger partial charge in [0, 0.05) is 22.0 Å². The predicted molar refractivity (Wildman–Crippen MR) is 155 cm³/mol. The van der Waals surface area contributed by atoms with Gasteiger partial charge in [-0.15, -0.1) is 0 Å². The van der Waals surface area contributed by atoms with Gasteiger partial charge < -0.3 is 10.2 Å². The fourth-order valence-electron chi connectivity index (χ4n) is 6.90. The molecule has 1 fully saturated rings. The van der Waals surface area contributed by atoms with Crippen LogP contribution in [-0.2, 0) is 21.4 Å². The molecule has 1 saturated heterocycles. The third-order valence-corrected chi connectivity index (χ3v) is 8.84. The molecule has 3 heterocycles. The molecule has 4 unspecified atom stereocenters. The molecule has 1 amide bonds. The standard InChI is InChI=1S/C33H31ClN2O3/c1-3-4-5-8-21-11-13-22(14-12-21)31(38)29-30(20(2)37)36-27-17-16-24(34)19-23(27)15-18-28(36)33(29)25-9-6-7-10-26(25)35-32(33)39/h6-7,9-19,28-30H,3-5,8H2,1-2H3,(H,35,39). The summed E-state index contributed by atoms with van der Waals surface area (Å²) in [5.41, 5.74) is 3.53. The summed E-state index contributed by atoms with van der Waals surface area (Å²) in [6, 6.07) is 19.4. The van der Waals surface area contributed by atoms with Gasteiger partial charge in [0.25, 0.3) is 0 Å². The molecular weight excluding hydrogens is 508 g/mol. The number of anilines is 2. The van der Waals surface area contributed by atoms with Gasteiger partial charge in [-0.25, -0.2) is 0 Å². The molecule has 6 rings (SSSR count). The van der Waals surface area contributed by atoms with Crippen molar-refractivity contribution in [3.8, 4) is 0 Å². The molecule has 0 aromatic heterocycles. The van der Waals surface area contributed by atoms with Crippen molar-refractivity contribution in [1.29, 1.82) is 0 Å². The number of para-hydroxylation sites is 1. The van der Waals surface area contributed by atoms with E-state index in [1.807, 2.05) is 77.7 Å². The number of aryl methyl sites for hydroxylation is 1. The number of carbonyl (C=O) groups excluding carboxylic acids is 3. The Balaban J connectivity index is 1.52. The number of nitrogens with one attached hydrogen (secondary N) is 1. The number of nitrogens with zero attached hydrogens (tertiary/aromatic N) is 1. The molecule has 198 valence electrons. The lowest BCUT2D eigenvalue weighted by Gasteiger charge is -2.37. The summed E-state index contributed by atoms with van der Waals surface area (Å²) in [6.07, 6.45) is 8.29. The lowest BCUT2D eigenvalue weighted by molar-refractivity contribution is -0.122. The molecule has 5 nitrogen and oxygen atoms in total. The highest BCUT2D eigenvalue weighted by atomic mass is 35.5. The second-order valence-electron chi connectivity index (χ2n) is 10.8. The number of benzene rings is 3. The van der Waals surface area contributed by atoms with Gasteiger partial charge in [-0.1, -0.05) is 86.0 Å². The molecule has 0 saturated carbocycles. The second kappa shape index (κ2) is 9.80. The lowest BCUT2D eigenvalue weighted by atomic mass is 9.64. The third-order valence-electron chi connectivity index (χ3n) is 8.60. The zero-order valence-corrected chi connectivity index (χ0v) is 22.9. The van der Waals surface area contributed by atoms with E-state index in [-0.39, 0.29) is 17.5 Å². The Kier molecular flexibility index (Phi) is 6.43. The third kappa shape index (κ3) is 3.86. The molecule has 1 N–H and O–H groups in total. The van der Waals surface area contributed by atoms with Crippen molar-refractivity contribution >= 4 is 46.5 Å². The molecule has 4 atom stereocenters. The van der Waals surface area contributed by atoms with Crippen LogP contribution in [0.25, 0.3) is 6.08 Å². The normalized spacial score (nSPS) is 24.3. The minimum atomic E-state index is -1.27. The number of halogens is 1. The summed E-state index contributed by atoms with van der Waals surface area (Å²) < 4.78 is 0. The topological polar surface area (TPSA) is 66.5 Å². The molecule has 0 radical (unpaired) electrons. The average molecular weight is 539 g/mol. The van der Waals surface area contributed by atoms with Gasteiger partial charge in [-0.2, -0.15) is 0 Å². The van der Waals surface area contributed by atoms with Crippen molar-refractivity contribution in [3.63, 3.8) is 0 Å². The molecule has 1 spiro atoms. The highest BCUT2D eigenvalue weighted by molar-refractivity contribution is 6.31. The number of Topliss-reactive ketones (excluding diaryl/α,β-unsaturated/α-hetero) is 2. The van der Waals surface area contributed by atoms with Gasteiger partial charge in [0.15, 0.2) is 11.6 Å². The van der Waals surface area contributed by atoms with Crippen molar-refractivity contribution in [2.45, 2.75) is 57.0 Å². The van der Waals surface area contributed by atoms with Crippen LogP contribution in [0.15, 0.2) is 72.8 Å². The lowest BCUT2D eigenvalue weighted by Crippen LogP contribution is -2.51. The number of amides is 1. The largest absolute Gasteiger partial charge is 0.352 e. The van der Waals surface area contributed by atoms with Gasteiger partial charge >= 0.3 is 0 Å². The number of ketones is 2. The molecule has 3 aliphatic rings. The Morgan fingerprint density at radius 3 is 2.54 bits per heavy atom. The van der Waals surface area contributed by atoms with Crippen LogP contribution in [0.5, 0.6) is 0 Å². The number of hydrogen-bond acceptors (Lipinski definition) is 4. The first kappa shape index (κ1) is 25.6. The van der Waals surface area contributed by atoms with Crippen molar-refractivity contribution < 1.29 is 14.4 Å². The van der Waals surface area contributed by atoms with Crippen LogP contribution in [0, 0.1) is 5.92 Å². The smallest absolute Gasteiger partial charge is 0.238 e. The number of hydrogen-bond donors (Lipinski definition) is 1. The first-order valence-electron chi connectivity index (χ1n) is 13.7. The molecule has 0 bridgehead atoms. The highest BCUT2D eigenvalue weighted by Crippen LogP contribution is 2.57. The Labute approximate surface area is 233 Å². The maximum Gasteiger partial charge on any atom is 0.238 e. The van der Waals surface area contributed by atoms with E-state index in [0.29, 0.717) is 16.3 Å². The summed E-state index contributed by atoms with van der Waals surface area (Å²) in [5, 5.41) is 3.63. The van der Waals surface area contributed by atoms with E-state index in [1.54, 1.807) is 6.07 Å². The summed E-state index contributed by atoms with van der Waals surface area (Å²) in [6.45, 7) is 3.70. The van der Waals surface area contributed by atoms with E-state index in [1.165, 1.54) is 12.5 Å². The summed E-state index contributed by atoms with van der Waals surface area (Å²) in [4.78, 5) is 44.2. The molecule has 3 aliphatic heterocycles. The Morgan fingerprint density at radius 2 is 1.79 bits per heavy atom. The molecular formula is C33H31ClN2O3. The zero-order valence-electron chi connectivity index (χ0n) is 22.1. The van der Waals surface area contributed by atoms with Crippen molar-refractivity contribution in [3.05, 3.63) is 100 Å². The molecule has 39 heavy (non-hydrogen) atoms. The minimum absolute atomic E-state index is 0.153.